The lowest BCUT2D eigenvalue weighted by atomic mass is 9.97. The molecule has 1 atom stereocenters. The van der Waals surface area contributed by atoms with Gasteiger partial charge in [-0.2, -0.15) is 0 Å². The van der Waals surface area contributed by atoms with Crippen molar-refractivity contribution in [1.82, 2.24) is 9.55 Å². The first-order valence-corrected chi connectivity index (χ1v) is 8.96. The SMILES string of the molecule is CC(C)c1nc(CC(=O)C2CCC(=O)c3cccn32)sc1Br. The van der Waals surface area contributed by atoms with E-state index >= 15 is 0 Å². The van der Waals surface area contributed by atoms with E-state index < -0.39 is 0 Å². The van der Waals surface area contributed by atoms with Crippen LogP contribution < -0.4 is 0 Å². The fourth-order valence-electron chi connectivity index (χ4n) is 2.81. The molecule has 2 aromatic heterocycles. The van der Waals surface area contributed by atoms with Crippen molar-refractivity contribution < 1.29 is 9.59 Å². The first-order valence-electron chi connectivity index (χ1n) is 7.35. The van der Waals surface area contributed by atoms with Crippen LogP contribution in [0.1, 0.15) is 59.8 Å². The molecule has 3 rings (SSSR count). The van der Waals surface area contributed by atoms with Gasteiger partial charge in [0.2, 0.25) is 0 Å². The van der Waals surface area contributed by atoms with Crippen LogP contribution in [-0.4, -0.2) is 21.1 Å². The third kappa shape index (κ3) is 2.82. The zero-order chi connectivity index (χ0) is 15.9. The second kappa shape index (κ2) is 6.08. The minimum absolute atomic E-state index is 0.119. The molecule has 1 aliphatic rings. The molecule has 22 heavy (non-hydrogen) atoms. The van der Waals surface area contributed by atoms with E-state index in [0.29, 0.717) is 30.9 Å². The van der Waals surface area contributed by atoms with E-state index in [0.717, 1.165) is 14.5 Å². The third-order valence-corrected chi connectivity index (χ3v) is 5.69. The van der Waals surface area contributed by atoms with E-state index in [1.54, 1.807) is 6.07 Å². The van der Waals surface area contributed by atoms with Crippen LogP contribution in [-0.2, 0) is 11.2 Å². The molecule has 6 heteroatoms. The number of ketones is 2. The Kier molecular flexibility index (Phi) is 4.32. The fourth-order valence-corrected chi connectivity index (χ4v) is 4.87. The molecule has 0 amide bonds. The summed E-state index contributed by atoms with van der Waals surface area (Å²) in [5.74, 6) is 0.576. The monoisotopic (exact) mass is 380 g/mol. The molecule has 0 saturated heterocycles. The van der Waals surface area contributed by atoms with E-state index in [1.165, 1.54) is 11.3 Å². The Morgan fingerprint density at radius 3 is 3.00 bits per heavy atom. The summed E-state index contributed by atoms with van der Waals surface area (Å²) in [6.07, 6.45) is 3.18. The first-order chi connectivity index (χ1) is 10.5. The van der Waals surface area contributed by atoms with Crippen molar-refractivity contribution in [2.45, 2.75) is 45.1 Å². The summed E-state index contributed by atoms with van der Waals surface area (Å²) in [6.45, 7) is 4.18. The molecule has 0 saturated carbocycles. The van der Waals surface area contributed by atoms with Gasteiger partial charge in [-0.25, -0.2) is 4.98 Å². The Balaban J connectivity index is 1.80. The number of hydrogen-bond donors (Lipinski definition) is 0. The van der Waals surface area contributed by atoms with Crippen LogP contribution in [0, 0.1) is 0 Å². The lowest BCUT2D eigenvalue weighted by molar-refractivity contribution is -0.121. The summed E-state index contributed by atoms with van der Waals surface area (Å²) >= 11 is 5.05. The Bertz CT molecular complexity index is 732. The average molecular weight is 381 g/mol. The van der Waals surface area contributed by atoms with Gasteiger partial charge in [0, 0.05) is 12.6 Å². The Morgan fingerprint density at radius 1 is 1.55 bits per heavy atom. The van der Waals surface area contributed by atoms with E-state index in [2.05, 4.69) is 34.8 Å². The van der Waals surface area contributed by atoms with Gasteiger partial charge in [0.05, 0.1) is 27.6 Å². The predicted molar refractivity (Wildman–Crippen MR) is 89.6 cm³/mol. The van der Waals surface area contributed by atoms with Crippen LogP contribution in [0.4, 0.5) is 0 Å². The highest BCUT2D eigenvalue weighted by atomic mass is 79.9. The van der Waals surface area contributed by atoms with Gasteiger partial charge >= 0.3 is 0 Å². The van der Waals surface area contributed by atoms with E-state index in [9.17, 15) is 9.59 Å². The molecule has 0 N–H and O–H groups in total. The van der Waals surface area contributed by atoms with Gasteiger partial charge in [-0.05, 0) is 40.4 Å². The first kappa shape index (κ1) is 15.6. The van der Waals surface area contributed by atoms with Gasteiger partial charge in [0.1, 0.15) is 5.01 Å². The van der Waals surface area contributed by atoms with Crippen molar-refractivity contribution in [1.29, 1.82) is 0 Å². The van der Waals surface area contributed by atoms with Crippen molar-refractivity contribution >= 4 is 38.8 Å². The molecule has 1 unspecified atom stereocenters. The minimum atomic E-state index is -0.243. The molecule has 0 spiro atoms. The molecule has 116 valence electrons. The van der Waals surface area contributed by atoms with Gasteiger partial charge in [0.15, 0.2) is 11.6 Å². The molecule has 0 aromatic carbocycles. The Labute approximate surface area is 141 Å². The van der Waals surface area contributed by atoms with E-state index in [4.69, 9.17) is 0 Å². The molecule has 0 aliphatic carbocycles. The summed E-state index contributed by atoms with van der Waals surface area (Å²) in [4.78, 5) is 29.1. The average Bonchev–Trinajstić information content (AvgIpc) is 3.06. The predicted octanol–water partition coefficient (Wildman–Crippen LogP) is 4.16. The Hall–Kier alpha value is -1.27. The molecule has 0 radical (unpaired) electrons. The number of thiazole rings is 1. The van der Waals surface area contributed by atoms with Crippen molar-refractivity contribution in [2.75, 3.05) is 0 Å². The lowest BCUT2D eigenvalue weighted by Gasteiger charge is -2.24. The molecular weight excluding hydrogens is 364 g/mol. The summed E-state index contributed by atoms with van der Waals surface area (Å²) in [6, 6.07) is 3.38. The van der Waals surface area contributed by atoms with Gasteiger partial charge in [-0.1, -0.05) is 13.8 Å². The number of carbonyl (C=O) groups excluding carboxylic acids is 2. The smallest absolute Gasteiger partial charge is 0.179 e. The van der Waals surface area contributed by atoms with Gasteiger partial charge in [-0.3, -0.25) is 9.59 Å². The molecule has 2 aromatic rings. The van der Waals surface area contributed by atoms with Crippen LogP contribution in [0.5, 0.6) is 0 Å². The van der Waals surface area contributed by atoms with Crippen LogP contribution in [0.2, 0.25) is 0 Å². The highest BCUT2D eigenvalue weighted by Gasteiger charge is 2.30. The van der Waals surface area contributed by atoms with Crippen molar-refractivity contribution in [3.8, 4) is 0 Å². The number of nitrogens with zero attached hydrogens (tertiary/aromatic N) is 2. The van der Waals surface area contributed by atoms with Crippen LogP contribution in [0.3, 0.4) is 0 Å². The largest absolute Gasteiger partial charge is 0.335 e. The van der Waals surface area contributed by atoms with Crippen LogP contribution >= 0.6 is 27.3 Å². The highest BCUT2D eigenvalue weighted by molar-refractivity contribution is 9.11. The third-order valence-electron chi connectivity index (χ3n) is 3.94. The second-order valence-electron chi connectivity index (χ2n) is 5.84. The molecule has 1 aliphatic heterocycles. The molecule has 0 bridgehead atoms. The molecule has 0 fully saturated rings. The zero-order valence-corrected chi connectivity index (χ0v) is 14.9. The fraction of sp³-hybridized carbons (Fsp3) is 0.438. The van der Waals surface area contributed by atoms with Crippen molar-refractivity contribution in [3.05, 3.63) is 38.5 Å². The van der Waals surface area contributed by atoms with Gasteiger partial charge in [0.25, 0.3) is 0 Å². The molecule has 4 nitrogen and oxygen atoms in total. The summed E-state index contributed by atoms with van der Waals surface area (Å²) in [5, 5.41) is 0.839. The number of rotatable bonds is 4. The summed E-state index contributed by atoms with van der Waals surface area (Å²) in [7, 11) is 0. The van der Waals surface area contributed by atoms with Gasteiger partial charge in [-0.15, -0.1) is 11.3 Å². The van der Waals surface area contributed by atoms with E-state index in [1.807, 2.05) is 16.8 Å². The van der Waals surface area contributed by atoms with Crippen LogP contribution in [0.15, 0.2) is 22.1 Å². The number of hydrogen-bond acceptors (Lipinski definition) is 4. The maximum atomic E-state index is 12.6. The number of halogens is 1. The van der Waals surface area contributed by atoms with Crippen LogP contribution in [0.25, 0.3) is 0 Å². The quantitative estimate of drug-likeness (QED) is 0.799. The number of aromatic nitrogens is 2. The normalized spacial score (nSPS) is 17.8. The standard InChI is InChI=1S/C16H17BrN2O2S/c1-9(2)15-16(17)22-14(18-15)8-13(21)11-5-6-12(20)10-4-3-7-19(10)11/h3-4,7,9,11H,5-6,8H2,1-2H3. The second-order valence-corrected chi connectivity index (χ2v) is 8.24. The number of fused-ring (bicyclic) bond motifs is 1. The van der Waals surface area contributed by atoms with E-state index in [-0.39, 0.29) is 17.6 Å². The number of Topliss-reactive ketones (excluding diaryl/α,β-unsaturated/α-hetero) is 2. The number of carbonyl (C=O) groups is 2. The maximum Gasteiger partial charge on any atom is 0.179 e. The lowest BCUT2D eigenvalue weighted by Crippen LogP contribution is -2.28. The Morgan fingerprint density at radius 2 is 2.32 bits per heavy atom. The maximum absolute atomic E-state index is 12.6. The topological polar surface area (TPSA) is 52.0 Å². The highest BCUT2D eigenvalue weighted by Crippen LogP contribution is 2.32. The molecular formula is C16H17BrN2O2S. The minimum Gasteiger partial charge on any atom is -0.335 e. The summed E-state index contributed by atoms with van der Waals surface area (Å²) in [5.41, 5.74) is 1.65. The van der Waals surface area contributed by atoms with Crippen molar-refractivity contribution in [2.24, 2.45) is 0 Å². The molecule has 3 heterocycles. The van der Waals surface area contributed by atoms with Crippen molar-refractivity contribution in [3.63, 3.8) is 0 Å². The summed E-state index contributed by atoms with van der Waals surface area (Å²) < 4.78 is 2.82. The van der Waals surface area contributed by atoms with Gasteiger partial charge < -0.3 is 4.57 Å². The zero-order valence-electron chi connectivity index (χ0n) is 12.5.